The van der Waals surface area contributed by atoms with E-state index in [0.29, 0.717) is 13.1 Å². The Morgan fingerprint density at radius 3 is 2.32 bits per heavy atom. The molecule has 1 heterocycles. The van der Waals surface area contributed by atoms with Crippen LogP contribution in [0.2, 0.25) is 0 Å². The van der Waals surface area contributed by atoms with E-state index in [4.69, 9.17) is 9.56 Å². The van der Waals surface area contributed by atoms with E-state index in [0.717, 1.165) is 15.1 Å². The van der Waals surface area contributed by atoms with E-state index in [2.05, 4.69) is 27.9 Å². The molecule has 0 bridgehead atoms. The summed E-state index contributed by atoms with van der Waals surface area (Å²) in [5.41, 5.74) is 0.980. The summed E-state index contributed by atoms with van der Waals surface area (Å²) in [7, 11) is -3.62. The Morgan fingerprint density at radius 2 is 1.79 bits per heavy atom. The summed E-state index contributed by atoms with van der Waals surface area (Å²) >= 11 is 2.11. The van der Waals surface area contributed by atoms with Gasteiger partial charge >= 0.3 is 0 Å². The lowest BCUT2D eigenvalue weighted by Crippen LogP contribution is -2.14. The lowest BCUT2D eigenvalue weighted by Gasteiger charge is -2.04. The Bertz CT molecular complexity index is 650. The monoisotopic (exact) mass is 392 g/mol. The molecular weight excluding hydrogens is 379 g/mol. The van der Waals surface area contributed by atoms with Gasteiger partial charge in [0, 0.05) is 6.54 Å². The summed E-state index contributed by atoms with van der Waals surface area (Å²) < 4.78 is 28.5. The molecule has 2 aromatic rings. The Labute approximate surface area is 125 Å². The van der Waals surface area contributed by atoms with Crippen LogP contribution < -0.4 is 10.5 Å². The summed E-state index contributed by atoms with van der Waals surface area (Å²) in [6.07, 6.45) is 0. The second kappa shape index (κ2) is 6.04. The highest BCUT2D eigenvalue weighted by atomic mass is 127. The molecule has 0 spiro atoms. The molecule has 0 aliphatic rings. The van der Waals surface area contributed by atoms with Gasteiger partial charge in [-0.1, -0.05) is 12.1 Å². The maximum absolute atomic E-state index is 11.1. The predicted octanol–water partition coefficient (Wildman–Crippen LogP) is 1.82. The Balaban J connectivity index is 1.90. The Hall–Kier alpha value is -0.900. The van der Waals surface area contributed by atoms with Crippen molar-refractivity contribution < 1.29 is 12.8 Å². The first-order chi connectivity index (χ1) is 8.95. The quantitative estimate of drug-likeness (QED) is 0.761. The number of hydrogen-bond acceptors (Lipinski definition) is 4. The molecule has 0 unspecified atom stereocenters. The molecule has 0 saturated heterocycles. The number of nitrogens with one attached hydrogen (secondary N) is 1. The van der Waals surface area contributed by atoms with Crippen molar-refractivity contribution in [3.8, 4) is 0 Å². The third-order valence-corrected chi connectivity index (χ3v) is 4.02. The van der Waals surface area contributed by atoms with Gasteiger partial charge in [-0.2, -0.15) is 0 Å². The van der Waals surface area contributed by atoms with Crippen molar-refractivity contribution in [2.24, 2.45) is 5.14 Å². The first-order valence-corrected chi connectivity index (χ1v) is 8.14. The summed E-state index contributed by atoms with van der Waals surface area (Å²) in [5, 5.41) is 8.24. The van der Waals surface area contributed by atoms with Crippen molar-refractivity contribution in [2.75, 3.05) is 0 Å². The van der Waals surface area contributed by atoms with Crippen LogP contribution in [-0.4, -0.2) is 8.42 Å². The lowest BCUT2D eigenvalue weighted by atomic mass is 10.2. The Morgan fingerprint density at radius 1 is 1.11 bits per heavy atom. The van der Waals surface area contributed by atoms with Crippen LogP contribution in [0.25, 0.3) is 0 Å². The molecule has 5 nitrogen and oxygen atoms in total. The zero-order valence-electron chi connectivity index (χ0n) is 9.97. The number of furan rings is 1. The molecule has 7 heteroatoms. The molecule has 1 aromatic heterocycles. The van der Waals surface area contributed by atoms with Crippen LogP contribution in [0.1, 0.15) is 11.3 Å². The molecule has 0 radical (unpaired) electrons. The van der Waals surface area contributed by atoms with Crippen LogP contribution in [0.5, 0.6) is 0 Å². The van der Waals surface area contributed by atoms with Crippen molar-refractivity contribution >= 4 is 32.6 Å². The van der Waals surface area contributed by atoms with Gasteiger partial charge in [0.2, 0.25) is 10.0 Å². The minimum Gasteiger partial charge on any atom is -0.454 e. The zero-order chi connectivity index (χ0) is 13.9. The molecule has 0 aliphatic heterocycles. The number of nitrogens with two attached hydrogens (primary N) is 1. The molecule has 102 valence electrons. The largest absolute Gasteiger partial charge is 0.454 e. The van der Waals surface area contributed by atoms with Gasteiger partial charge in [0.05, 0.1) is 11.4 Å². The van der Waals surface area contributed by atoms with Crippen molar-refractivity contribution in [3.05, 3.63) is 51.5 Å². The topological polar surface area (TPSA) is 85.3 Å². The zero-order valence-corrected chi connectivity index (χ0v) is 12.9. The first kappa shape index (κ1) is 14.5. The van der Waals surface area contributed by atoms with Gasteiger partial charge in [-0.15, -0.1) is 0 Å². The van der Waals surface area contributed by atoms with E-state index in [-0.39, 0.29) is 4.90 Å². The van der Waals surface area contributed by atoms with Crippen LogP contribution in [0.4, 0.5) is 0 Å². The van der Waals surface area contributed by atoms with Gasteiger partial charge in [0.1, 0.15) is 5.76 Å². The average Bonchev–Trinajstić information content (AvgIpc) is 2.75. The number of halogens is 1. The fourth-order valence-corrected chi connectivity index (χ4v) is 2.55. The van der Waals surface area contributed by atoms with Crippen LogP contribution in [0.15, 0.2) is 45.7 Å². The molecule has 0 atom stereocenters. The van der Waals surface area contributed by atoms with E-state index in [1.165, 1.54) is 12.1 Å². The summed E-state index contributed by atoms with van der Waals surface area (Å²) in [4.78, 5) is 0.122. The Kier molecular flexibility index (Phi) is 4.61. The molecule has 2 rings (SSSR count). The maximum atomic E-state index is 11.1. The van der Waals surface area contributed by atoms with E-state index in [1.54, 1.807) is 12.1 Å². The second-order valence-electron chi connectivity index (χ2n) is 4.00. The fourth-order valence-electron chi connectivity index (χ4n) is 1.57. The van der Waals surface area contributed by atoms with Crippen molar-refractivity contribution in [3.63, 3.8) is 0 Å². The smallest absolute Gasteiger partial charge is 0.238 e. The van der Waals surface area contributed by atoms with Gasteiger partial charge in [-0.05, 0) is 52.4 Å². The number of sulfonamides is 1. The van der Waals surface area contributed by atoms with Crippen molar-refractivity contribution in [1.82, 2.24) is 5.32 Å². The second-order valence-corrected chi connectivity index (χ2v) is 6.62. The number of hydrogen-bond donors (Lipinski definition) is 2. The highest BCUT2D eigenvalue weighted by Crippen LogP contribution is 2.11. The molecule has 0 saturated carbocycles. The van der Waals surface area contributed by atoms with Crippen LogP contribution >= 0.6 is 22.6 Å². The van der Waals surface area contributed by atoms with E-state index >= 15 is 0 Å². The van der Waals surface area contributed by atoms with Gasteiger partial charge in [0.25, 0.3) is 0 Å². The van der Waals surface area contributed by atoms with Crippen LogP contribution in [-0.2, 0) is 23.1 Å². The normalized spacial score (nSPS) is 11.7. The molecule has 19 heavy (non-hydrogen) atoms. The molecular formula is C12H13IN2O3S. The summed E-state index contributed by atoms with van der Waals surface area (Å²) in [6, 6.07) is 10.3. The SMILES string of the molecule is NS(=O)(=O)c1ccc(CNCc2ccc(I)o2)cc1. The third-order valence-electron chi connectivity index (χ3n) is 2.51. The number of primary sulfonamides is 1. The van der Waals surface area contributed by atoms with Gasteiger partial charge in [0.15, 0.2) is 3.77 Å². The van der Waals surface area contributed by atoms with Gasteiger partial charge < -0.3 is 9.73 Å². The minimum absolute atomic E-state index is 0.122. The number of rotatable bonds is 5. The molecule has 0 aliphatic carbocycles. The number of benzene rings is 1. The minimum atomic E-state index is -3.62. The molecule has 0 fully saturated rings. The summed E-state index contributed by atoms with van der Waals surface area (Å²) in [5.74, 6) is 0.866. The average molecular weight is 392 g/mol. The molecule has 3 N–H and O–H groups in total. The molecule has 1 aromatic carbocycles. The van der Waals surface area contributed by atoms with E-state index in [1.807, 2.05) is 12.1 Å². The fraction of sp³-hybridized carbons (Fsp3) is 0.167. The summed E-state index contributed by atoms with van der Waals surface area (Å²) in [6.45, 7) is 1.25. The van der Waals surface area contributed by atoms with E-state index in [9.17, 15) is 8.42 Å². The maximum Gasteiger partial charge on any atom is 0.238 e. The standard InChI is InChI=1S/C12H13IN2O3S/c13-12-6-3-10(18-12)8-15-7-9-1-4-11(5-2-9)19(14,16)17/h1-6,15H,7-8H2,(H2,14,16,17). The van der Waals surface area contributed by atoms with Crippen molar-refractivity contribution in [2.45, 2.75) is 18.0 Å². The van der Waals surface area contributed by atoms with Crippen LogP contribution in [0.3, 0.4) is 0 Å². The lowest BCUT2D eigenvalue weighted by molar-refractivity contribution is 0.463. The first-order valence-electron chi connectivity index (χ1n) is 5.52. The molecule has 0 amide bonds. The van der Waals surface area contributed by atoms with Crippen molar-refractivity contribution in [1.29, 1.82) is 0 Å². The van der Waals surface area contributed by atoms with Gasteiger partial charge in [-0.25, -0.2) is 13.6 Å². The highest BCUT2D eigenvalue weighted by molar-refractivity contribution is 14.1. The predicted molar refractivity (Wildman–Crippen MR) is 79.8 cm³/mol. The van der Waals surface area contributed by atoms with E-state index < -0.39 is 10.0 Å². The highest BCUT2D eigenvalue weighted by Gasteiger charge is 2.06. The third kappa shape index (κ3) is 4.30. The van der Waals surface area contributed by atoms with Crippen LogP contribution in [0, 0.1) is 3.77 Å². The van der Waals surface area contributed by atoms with Gasteiger partial charge in [-0.3, -0.25) is 0 Å².